The van der Waals surface area contributed by atoms with Crippen LogP contribution in [0.5, 0.6) is 0 Å². The summed E-state index contributed by atoms with van der Waals surface area (Å²) in [7, 11) is 3.80. The van der Waals surface area contributed by atoms with Gasteiger partial charge in [-0.1, -0.05) is 6.07 Å². The van der Waals surface area contributed by atoms with Crippen molar-refractivity contribution >= 4 is 0 Å². The summed E-state index contributed by atoms with van der Waals surface area (Å²) in [6, 6.07) is 2.18. The first-order chi connectivity index (χ1) is 7.97. The van der Waals surface area contributed by atoms with Crippen LogP contribution in [-0.2, 0) is 0 Å². The van der Waals surface area contributed by atoms with Crippen molar-refractivity contribution in [2.75, 3.05) is 20.6 Å². The third-order valence-corrected chi connectivity index (χ3v) is 2.73. The number of nitrogens with zero attached hydrogens (tertiary/aromatic N) is 1. The van der Waals surface area contributed by atoms with Crippen molar-refractivity contribution < 1.29 is 8.78 Å². The number of nitrogens with two attached hydrogens (primary N) is 1. The van der Waals surface area contributed by atoms with Crippen molar-refractivity contribution in [1.82, 2.24) is 10.3 Å². The van der Waals surface area contributed by atoms with Crippen LogP contribution in [0.3, 0.4) is 0 Å². The molecule has 1 aromatic rings. The van der Waals surface area contributed by atoms with Gasteiger partial charge in [0, 0.05) is 5.56 Å². The summed E-state index contributed by atoms with van der Waals surface area (Å²) >= 11 is 0. The Bertz CT molecular complexity index is 380. The Kier molecular flexibility index (Phi) is 4.99. The van der Waals surface area contributed by atoms with Crippen molar-refractivity contribution in [2.45, 2.75) is 19.4 Å². The second kappa shape index (κ2) is 6.05. The molecule has 0 aliphatic rings. The van der Waals surface area contributed by atoms with Gasteiger partial charge in [0.05, 0.1) is 6.04 Å². The maximum atomic E-state index is 13.9. The zero-order valence-corrected chi connectivity index (χ0v) is 10.4. The lowest BCUT2D eigenvalue weighted by atomic mass is 10.0. The van der Waals surface area contributed by atoms with Crippen molar-refractivity contribution in [3.05, 3.63) is 34.9 Å². The van der Waals surface area contributed by atoms with Gasteiger partial charge in [-0.2, -0.15) is 0 Å². The molecule has 0 bridgehead atoms. The van der Waals surface area contributed by atoms with Gasteiger partial charge in [-0.15, -0.1) is 0 Å². The summed E-state index contributed by atoms with van der Waals surface area (Å²) < 4.78 is 27.5. The predicted octanol–water partition coefficient (Wildman–Crippen LogP) is 1.73. The molecule has 5 heteroatoms. The lowest BCUT2D eigenvalue weighted by Gasteiger charge is -2.20. The maximum Gasteiger partial charge on any atom is 0.133 e. The van der Waals surface area contributed by atoms with Crippen molar-refractivity contribution in [1.29, 1.82) is 0 Å². The summed E-state index contributed by atoms with van der Waals surface area (Å²) in [5, 5.41) is 0. The van der Waals surface area contributed by atoms with E-state index in [1.807, 2.05) is 19.0 Å². The Hall–Kier alpha value is -1.04. The van der Waals surface area contributed by atoms with Crippen LogP contribution >= 0.6 is 0 Å². The zero-order chi connectivity index (χ0) is 13.0. The van der Waals surface area contributed by atoms with E-state index in [9.17, 15) is 8.78 Å². The first-order valence-corrected chi connectivity index (χ1v) is 5.52. The average molecular weight is 243 g/mol. The lowest BCUT2D eigenvalue weighted by Crippen LogP contribution is -2.32. The van der Waals surface area contributed by atoms with E-state index in [1.165, 1.54) is 12.1 Å². The molecule has 1 unspecified atom stereocenters. The predicted molar refractivity (Wildman–Crippen MR) is 64.3 cm³/mol. The molecule has 0 spiro atoms. The third-order valence-electron chi connectivity index (χ3n) is 2.73. The number of hydrogen-bond donors (Lipinski definition) is 2. The molecule has 17 heavy (non-hydrogen) atoms. The largest absolute Gasteiger partial charge is 0.309 e. The van der Waals surface area contributed by atoms with E-state index in [4.69, 9.17) is 5.84 Å². The smallest absolute Gasteiger partial charge is 0.133 e. The van der Waals surface area contributed by atoms with E-state index >= 15 is 0 Å². The van der Waals surface area contributed by atoms with Crippen LogP contribution in [0.4, 0.5) is 8.78 Å². The molecule has 0 amide bonds. The molecule has 1 aromatic carbocycles. The Morgan fingerprint density at radius 2 is 2.00 bits per heavy atom. The Morgan fingerprint density at radius 3 is 2.53 bits per heavy atom. The molecule has 0 saturated heterocycles. The minimum atomic E-state index is -0.560. The van der Waals surface area contributed by atoms with Gasteiger partial charge in [-0.3, -0.25) is 11.3 Å². The number of rotatable bonds is 5. The number of benzene rings is 1. The van der Waals surface area contributed by atoms with Crippen LogP contribution in [0.2, 0.25) is 0 Å². The number of hydrogen-bond acceptors (Lipinski definition) is 3. The highest BCUT2D eigenvalue weighted by Gasteiger charge is 2.20. The van der Waals surface area contributed by atoms with Gasteiger partial charge in [-0.05, 0) is 45.6 Å². The lowest BCUT2D eigenvalue weighted by molar-refractivity contribution is 0.352. The van der Waals surface area contributed by atoms with E-state index in [0.29, 0.717) is 18.5 Å². The summed E-state index contributed by atoms with van der Waals surface area (Å²) in [6.07, 6.45) is 0.542. The number of nitrogens with one attached hydrogen (secondary N) is 1. The molecule has 3 N–H and O–H groups in total. The molecular formula is C12H19F2N3. The minimum Gasteiger partial charge on any atom is -0.309 e. The first-order valence-electron chi connectivity index (χ1n) is 5.52. The molecule has 1 rings (SSSR count). The number of halogens is 2. The second-order valence-electron chi connectivity index (χ2n) is 4.40. The summed E-state index contributed by atoms with van der Waals surface area (Å²) in [5.74, 6) is 4.30. The monoisotopic (exact) mass is 243 g/mol. The summed E-state index contributed by atoms with van der Waals surface area (Å²) in [5.41, 5.74) is 2.92. The van der Waals surface area contributed by atoms with E-state index in [1.54, 1.807) is 6.92 Å². The molecule has 0 fully saturated rings. The van der Waals surface area contributed by atoms with E-state index < -0.39 is 17.7 Å². The average Bonchev–Trinajstić information content (AvgIpc) is 2.28. The Balaban J connectivity index is 2.98. The SMILES string of the molecule is Cc1ccc(F)c(C(CCN(C)C)NN)c1F. The van der Waals surface area contributed by atoms with Crippen molar-refractivity contribution in [3.63, 3.8) is 0 Å². The molecule has 0 aliphatic heterocycles. The summed E-state index contributed by atoms with van der Waals surface area (Å²) in [4.78, 5) is 1.94. The van der Waals surface area contributed by atoms with Gasteiger partial charge in [-0.25, -0.2) is 8.78 Å². The quantitative estimate of drug-likeness (QED) is 0.611. The standard InChI is InChI=1S/C12H19F2N3/c1-8-4-5-9(13)11(12(8)14)10(16-15)6-7-17(2)3/h4-5,10,16H,6-7,15H2,1-3H3. The van der Waals surface area contributed by atoms with Crippen LogP contribution in [-0.4, -0.2) is 25.5 Å². The highest BCUT2D eigenvalue weighted by molar-refractivity contribution is 5.29. The number of aryl methyl sites for hydroxylation is 1. The maximum absolute atomic E-state index is 13.9. The topological polar surface area (TPSA) is 41.3 Å². The molecular weight excluding hydrogens is 224 g/mol. The van der Waals surface area contributed by atoms with E-state index in [-0.39, 0.29) is 5.56 Å². The van der Waals surface area contributed by atoms with Crippen LogP contribution in [0.15, 0.2) is 12.1 Å². The van der Waals surface area contributed by atoms with Crippen LogP contribution < -0.4 is 11.3 Å². The van der Waals surface area contributed by atoms with Gasteiger partial charge in [0.1, 0.15) is 11.6 Å². The molecule has 3 nitrogen and oxygen atoms in total. The second-order valence-corrected chi connectivity index (χ2v) is 4.40. The van der Waals surface area contributed by atoms with Crippen LogP contribution in [0, 0.1) is 18.6 Å². The highest BCUT2D eigenvalue weighted by atomic mass is 19.1. The van der Waals surface area contributed by atoms with Crippen LogP contribution in [0.25, 0.3) is 0 Å². The molecule has 1 atom stereocenters. The Labute approximate surface area is 101 Å². The molecule has 0 radical (unpaired) electrons. The van der Waals surface area contributed by atoms with E-state index in [2.05, 4.69) is 5.43 Å². The normalized spacial score (nSPS) is 13.1. The van der Waals surface area contributed by atoms with Crippen LogP contribution in [0.1, 0.15) is 23.6 Å². The van der Waals surface area contributed by atoms with Gasteiger partial charge in [0.15, 0.2) is 0 Å². The molecule has 0 aromatic heterocycles. The molecule has 96 valence electrons. The van der Waals surface area contributed by atoms with Crippen molar-refractivity contribution in [3.8, 4) is 0 Å². The minimum absolute atomic E-state index is 0.0225. The van der Waals surface area contributed by atoms with E-state index in [0.717, 1.165) is 0 Å². The fourth-order valence-electron chi connectivity index (χ4n) is 1.70. The van der Waals surface area contributed by atoms with Gasteiger partial charge >= 0.3 is 0 Å². The molecule has 0 saturated carbocycles. The number of hydrazine groups is 1. The van der Waals surface area contributed by atoms with Gasteiger partial charge in [0.25, 0.3) is 0 Å². The van der Waals surface area contributed by atoms with Gasteiger partial charge < -0.3 is 4.90 Å². The fourth-order valence-corrected chi connectivity index (χ4v) is 1.70. The first kappa shape index (κ1) is 14.0. The molecule has 0 aliphatic carbocycles. The van der Waals surface area contributed by atoms with Crippen molar-refractivity contribution in [2.24, 2.45) is 5.84 Å². The fraction of sp³-hybridized carbons (Fsp3) is 0.500. The zero-order valence-electron chi connectivity index (χ0n) is 10.4. The summed E-state index contributed by atoms with van der Waals surface area (Å²) in [6.45, 7) is 2.31. The highest BCUT2D eigenvalue weighted by Crippen LogP contribution is 2.25. The molecule has 0 heterocycles. The third kappa shape index (κ3) is 3.46. The van der Waals surface area contributed by atoms with Gasteiger partial charge in [0.2, 0.25) is 0 Å². The Morgan fingerprint density at radius 1 is 1.35 bits per heavy atom.